The van der Waals surface area contributed by atoms with E-state index in [1.54, 1.807) is 36.5 Å². The van der Waals surface area contributed by atoms with Crippen molar-refractivity contribution in [3.63, 3.8) is 0 Å². The fourth-order valence-electron chi connectivity index (χ4n) is 3.38. The summed E-state index contributed by atoms with van der Waals surface area (Å²) in [6, 6.07) is 0. The minimum atomic E-state index is -1.14. The van der Waals surface area contributed by atoms with E-state index in [1.165, 1.54) is 0 Å². The number of aromatic carboxylic acids is 1. The molecule has 2 amide bonds. The second-order valence-electron chi connectivity index (χ2n) is 9.71. The van der Waals surface area contributed by atoms with Gasteiger partial charge in [-0.1, -0.05) is 0 Å². The van der Waals surface area contributed by atoms with Crippen molar-refractivity contribution in [3.8, 4) is 0 Å². The summed E-state index contributed by atoms with van der Waals surface area (Å²) in [6.07, 6.45) is 2.08. The van der Waals surface area contributed by atoms with Gasteiger partial charge in [-0.3, -0.25) is 9.48 Å². The van der Waals surface area contributed by atoms with Gasteiger partial charge in [0.05, 0.1) is 11.0 Å². The van der Waals surface area contributed by atoms with Crippen LogP contribution in [0.15, 0.2) is 6.20 Å². The van der Waals surface area contributed by atoms with Crippen LogP contribution in [0.25, 0.3) is 0 Å². The normalized spacial score (nSPS) is 17.1. The summed E-state index contributed by atoms with van der Waals surface area (Å²) in [7, 11) is 0. The predicted molar refractivity (Wildman–Crippen MR) is 107 cm³/mol. The Hall–Kier alpha value is -2.58. The maximum absolute atomic E-state index is 12.4. The number of nitrogens with two attached hydrogens (primary N) is 1. The third kappa shape index (κ3) is 5.27. The summed E-state index contributed by atoms with van der Waals surface area (Å²) < 4.78 is 6.99. The van der Waals surface area contributed by atoms with Crippen LogP contribution in [-0.4, -0.2) is 56.4 Å². The number of hydrogen-bond acceptors (Lipinski definition) is 5. The highest BCUT2D eigenvalue weighted by Gasteiger charge is 2.43. The standard InChI is InChI=1S/C20H32N4O5/c1-18(2,3)24-12-13(14(22-24)15(25)26)11-20(16(21)27)7-9-23(10-8-20)17(28)29-19(4,5)6/h12H,7-11H2,1-6H3,(H2,21,27)(H,25,26). The lowest BCUT2D eigenvalue weighted by atomic mass is 9.73. The largest absolute Gasteiger partial charge is 0.476 e. The molecule has 162 valence electrons. The van der Waals surface area contributed by atoms with Crippen molar-refractivity contribution >= 4 is 18.0 Å². The summed E-state index contributed by atoms with van der Waals surface area (Å²) in [5, 5.41) is 13.8. The Morgan fingerprint density at radius 1 is 1.17 bits per heavy atom. The molecule has 0 saturated carbocycles. The van der Waals surface area contributed by atoms with E-state index in [1.807, 2.05) is 20.8 Å². The first-order valence-electron chi connectivity index (χ1n) is 9.75. The van der Waals surface area contributed by atoms with Crippen molar-refractivity contribution in [2.24, 2.45) is 11.1 Å². The number of carbonyl (C=O) groups excluding carboxylic acids is 2. The number of likely N-dealkylation sites (tertiary alicyclic amines) is 1. The minimum absolute atomic E-state index is 0.0740. The molecule has 0 radical (unpaired) electrons. The van der Waals surface area contributed by atoms with Gasteiger partial charge in [-0.05, 0) is 60.8 Å². The van der Waals surface area contributed by atoms with Gasteiger partial charge in [0, 0.05) is 24.8 Å². The Kier molecular flexibility index (Phi) is 6.02. The molecule has 0 atom stereocenters. The number of piperidine rings is 1. The average molecular weight is 408 g/mol. The third-order valence-corrected chi connectivity index (χ3v) is 5.10. The number of carboxylic acids is 1. The Labute approximate surface area is 171 Å². The van der Waals surface area contributed by atoms with Crippen molar-refractivity contribution in [3.05, 3.63) is 17.5 Å². The topological polar surface area (TPSA) is 128 Å². The second kappa shape index (κ2) is 7.68. The number of hydrogen-bond donors (Lipinski definition) is 2. The lowest BCUT2D eigenvalue weighted by Gasteiger charge is -2.40. The summed E-state index contributed by atoms with van der Waals surface area (Å²) >= 11 is 0. The molecule has 1 aromatic heterocycles. The quantitative estimate of drug-likeness (QED) is 0.787. The number of primary amides is 1. The van der Waals surface area contributed by atoms with E-state index in [2.05, 4.69) is 5.10 Å². The lowest BCUT2D eigenvalue weighted by molar-refractivity contribution is -0.130. The van der Waals surface area contributed by atoms with Gasteiger partial charge in [-0.15, -0.1) is 0 Å². The molecule has 2 rings (SSSR count). The average Bonchev–Trinajstić information content (AvgIpc) is 2.98. The van der Waals surface area contributed by atoms with Crippen LogP contribution in [0.4, 0.5) is 4.79 Å². The predicted octanol–water partition coefficient (Wildman–Crippen LogP) is 2.38. The van der Waals surface area contributed by atoms with Crippen LogP contribution in [-0.2, 0) is 21.5 Å². The zero-order valence-corrected chi connectivity index (χ0v) is 18.1. The van der Waals surface area contributed by atoms with Gasteiger partial charge >= 0.3 is 12.1 Å². The van der Waals surface area contributed by atoms with E-state index in [0.29, 0.717) is 31.5 Å². The first-order valence-corrected chi connectivity index (χ1v) is 9.75. The van der Waals surface area contributed by atoms with Crippen LogP contribution in [0.2, 0.25) is 0 Å². The van der Waals surface area contributed by atoms with Crippen LogP contribution in [0.1, 0.15) is 70.4 Å². The summed E-state index contributed by atoms with van der Waals surface area (Å²) in [4.78, 5) is 37.9. The summed E-state index contributed by atoms with van der Waals surface area (Å²) in [5.74, 6) is -1.64. The molecule has 1 aliphatic heterocycles. The molecule has 0 unspecified atom stereocenters. The molecule has 1 fully saturated rings. The molecule has 0 aliphatic carbocycles. The smallest absolute Gasteiger partial charge is 0.410 e. The van der Waals surface area contributed by atoms with Gasteiger partial charge in [0.2, 0.25) is 5.91 Å². The highest BCUT2D eigenvalue weighted by molar-refractivity contribution is 5.88. The van der Waals surface area contributed by atoms with Gasteiger partial charge in [0.1, 0.15) is 5.60 Å². The summed E-state index contributed by atoms with van der Waals surface area (Å²) in [6.45, 7) is 11.8. The molecule has 1 saturated heterocycles. The fraction of sp³-hybridized carbons (Fsp3) is 0.700. The highest BCUT2D eigenvalue weighted by Crippen LogP contribution is 2.36. The number of nitrogens with zero attached hydrogens (tertiary/aromatic N) is 3. The third-order valence-electron chi connectivity index (χ3n) is 5.10. The van der Waals surface area contributed by atoms with E-state index in [4.69, 9.17) is 10.5 Å². The van der Waals surface area contributed by atoms with Crippen LogP contribution >= 0.6 is 0 Å². The lowest BCUT2D eigenvalue weighted by Crippen LogP contribution is -2.50. The SMILES string of the molecule is CC(C)(C)OC(=O)N1CCC(Cc2cn(C(C)(C)C)nc2C(=O)O)(C(N)=O)CC1. The van der Waals surface area contributed by atoms with E-state index in [9.17, 15) is 19.5 Å². The number of rotatable bonds is 4. The Balaban J connectivity index is 2.24. The van der Waals surface area contributed by atoms with Crippen LogP contribution in [0.3, 0.4) is 0 Å². The molecular weight excluding hydrogens is 376 g/mol. The highest BCUT2D eigenvalue weighted by atomic mass is 16.6. The van der Waals surface area contributed by atoms with Crippen molar-refractivity contribution in [1.29, 1.82) is 0 Å². The number of carbonyl (C=O) groups is 3. The number of carboxylic acid groups (broad SMARTS) is 1. The Bertz CT molecular complexity index is 793. The Morgan fingerprint density at radius 2 is 1.72 bits per heavy atom. The van der Waals surface area contributed by atoms with E-state index in [-0.39, 0.29) is 12.1 Å². The maximum Gasteiger partial charge on any atom is 0.410 e. The maximum atomic E-state index is 12.4. The van der Waals surface area contributed by atoms with Crippen LogP contribution in [0.5, 0.6) is 0 Å². The van der Waals surface area contributed by atoms with Gasteiger partial charge in [-0.25, -0.2) is 9.59 Å². The molecule has 3 N–H and O–H groups in total. The van der Waals surface area contributed by atoms with Crippen molar-refractivity contribution < 1.29 is 24.2 Å². The summed E-state index contributed by atoms with van der Waals surface area (Å²) in [5.41, 5.74) is 4.20. The van der Waals surface area contributed by atoms with Gasteiger partial charge in [0.15, 0.2) is 5.69 Å². The molecule has 2 heterocycles. The van der Waals surface area contributed by atoms with Gasteiger partial charge in [0.25, 0.3) is 0 Å². The van der Waals surface area contributed by atoms with E-state index >= 15 is 0 Å². The monoisotopic (exact) mass is 408 g/mol. The zero-order chi connectivity index (χ0) is 22.2. The van der Waals surface area contributed by atoms with Gasteiger partial charge in [-0.2, -0.15) is 5.10 Å². The minimum Gasteiger partial charge on any atom is -0.476 e. The molecule has 1 aromatic rings. The number of ether oxygens (including phenoxy) is 1. The van der Waals surface area contributed by atoms with E-state index in [0.717, 1.165) is 0 Å². The number of aromatic nitrogens is 2. The fourth-order valence-corrected chi connectivity index (χ4v) is 3.38. The van der Waals surface area contributed by atoms with Crippen molar-refractivity contribution in [2.75, 3.05) is 13.1 Å². The van der Waals surface area contributed by atoms with Crippen molar-refractivity contribution in [2.45, 2.75) is 71.9 Å². The molecule has 0 bridgehead atoms. The zero-order valence-electron chi connectivity index (χ0n) is 18.1. The molecular formula is C20H32N4O5. The number of amides is 2. The van der Waals surface area contributed by atoms with Crippen LogP contribution in [0, 0.1) is 5.41 Å². The first kappa shape index (κ1) is 22.7. The second-order valence-corrected chi connectivity index (χ2v) is 9.71. The van der Waals surface area contributed by atoms with Gasteiger partial charge < -0.3 is 20.5 Å². The molecule has 9 nitrogen and oxygen atoms in total. The van der Waals surface area contributed by atoms with E-state index < -0.39 is 34.5 Å². The molecule has 1 aliphatic rings. The molecule has 9 heteroatoms. The molecule has 0 spiro atoms. The van der Waals surface area contributed by atoms with Crippen molar-refractivity contribution in [1.82, 2.24) is 14.7 Å². The first-order chi connectivity index (χ1) is 13.1. The Morgan fingerprint density at radius 3 is 2.14 bits per heavy atom. The van der Waals surface area contributed by atoms with Crippen LogP contribution < -0.4 is 5.73 Å². The molecule has 0 aromatic carbocycles. The molecule has 29 heavy (non-hydrogen) atoms.